The van der Waals surface area contributed by atoms with Gasteiger partial charge in [0.15, 0.2) is 0 Å². The lowest BCUT2D eigenvalue weighted by Gasteiger charge is -2.08. The molecule has 1 aliphatic rings. The van der Waals surface area contributed by atoms with Gasteiger partial charge in [0, 0.05) is 12.2 Å². The first kappa shape index (κ1) is 19.4. The van der Waals surface area contributed by atoms with E-state index in [1.807, 2.05) is 12.2 Å². The molecule has 0 aromatic rings. The summed E-state index contributed by atoms with van der Waals surface area (Å²) in [6.07, 6.45) is 9.04. The minimum atomic E-state index is -0.353. The average molecular weight is 326 g/mol. The molecule has 0 radical (unpaired) electrons. The average Bonchev–Trinajstić information content (AvgIpc) is 2.52. The zero-order valence-electron chi connectivity index (χ0n) is 13.7. The number of hydrogen-bond donors (Lipinski definition) is 0. The van der Waals surface area contributed by atoms with Gasteiger partial charge in [0.1, 0.15) is 13.2 Å². The molecule has 0 spiro atoms. The van der Waals surface area contributed by atoms with Gasteiger partial charge < -0.3 is 18.9 Å². The molecular weight excluding hydrogens is 300 g/mol. The van der Waals surface area contributed by atoms with E-state index in [1.165, 1.54) is 12.2 Å². The highest BCUT2D eigenvalue weighted by Gasteiger charge is 2.02. The SMILES string of the molecule is CC1C/C=C/C(=O)OCCOCCOCCOC(=O)/C=C/CC1. The second-order valence-electron chi connectivity index (χ2n) is 5.28. The second-order valence-corrected chi connectivity index (χ2v) is 5.28. The van der Waals surface area contributed by atoms with E-state index >= 15 is 0 Å². The standard InChI is InChI=1S/C17H26O6/c1-15-5-2-3-7-16(18)22-13-11-20-9-10-21-12-14-23-17(19)8-4-6-15/h3-4,7-8,15H,2,5-6,9-14H2,1H3/b7-3+,8-4+. The Kier molecular flexibility index (Phi) is 10.8. The Bertz CT molecular complexity index is 402. The summed E-state index contributed by atoms with van der Waals surface area (Å²) < 4.78 is 20.5. The van der Waals surface area contributed by atoms with Crippen LogP contribution in [0.1, 0.15) is 26.2 Å². The molecule has 1 heterocycles. The monoisotopic (exact) mass is 326 g/mol. The summed E-state index contributed by atoms with van der Waals surface area (Å²) in [7, 11) is 0. The van der Waals surface area contributed by atoms with Crippen molar-refractivity contribution >= 4 is 11.9 Å². The number of carbonyl (C=O) groups is 2. The van der Waals surface area contributed by atoms with Crippen molar-refractivity contribution in [3.63, 3.8) is 0 Å². The second kappa shape index (κ2) is 12.8. The molecule has 1 atom stereocenters. The van der Waals surface area contributed by atoms with E-state index in [0.717, 1.165) is 19.3 Å². The summed E-state index contributed by atoms with van der Waals surface area (Å²) in [5.74, 6) is -0.286. The van der Waals surface area contributed by atoms with Crippen LogP contribution in [0.15, 0.2) is 24.3 Å². The van der Waals surface area contributed by atoms with Crippen LogP contribution in [0.25, 0.3) is 0 Å². The Morgan fingerprint density at radius 2 is 1.35 bits per heavy atom. The van der Waals surface area contributed by atoms with Gasteiger partial charge in [-0.3, -0.25) is 0 Å². The van der Waals surface area contributed by atoms with Crippen LogP contribution in [-0.4, -0.2) is 51.6 Å². The molecule has 6 nitrogen and oxygen atoms in total. The van der Waals surface area contributed by atoms with Crippen LogP contribution in [0, 0.1) is 5.92 Å². The summed E-state index contributed by atoms with van der Waals surface area (Å²) in [5.41, 5.74) is 0. The van der Waals surface area contributed by atoms with Crippen molar-refractivity contribution in [2.24, 2.45) is 5.92 Å². The van der Waals surface area contributed by atoms with Crippen LogP contribution in [0.3, 0.4) is 0 Å². The topological polar surface area (TPSA) is 71.1 Å². The minimum Gasteiger partial charge on any atom is -0.460 e. The molecule has 0 amide bonds. The predicted octanol–water partition coefficient (Wildman–Crippen LogP) is 2.04. The molecule has 0 aromatic carbocycles. The molecule has 0 aliphatic carbocycles. The van der Waals surface area contributed by atoms with Gasteiger partial charge in [0.2, 0.25) is 0 Å². The lowest BCUT2D eigenvalue weighted by atomic mass is 10.0. The third-order valence-electron chi connectivity index (χ3n) is 3.19. The molecule has 6 heteroatoms. The van der Waals surface area contributed by atoms with E-state index in [1.54, 1.807) is 0 Å². The minimum absolute atomic E-state index is 0.223. The van der Waals surface area contributed by atoms with Crippen molar-refractivity contribution in [3.8, 4) is 0 Å². The molecule has 1 unspecified atom stereocenters. The van der Waals surface area contributed by atoms with E-state index in [2.05, 4.69) is 6.92 Å². The molecule has 0 aromatic heterocycles. The van der Waals surface area contributed by atoms with Crippen LogP contribution >= 0.6 is 0 Å². The molecule has 23 heavy (non-hydrogen) atoms. The maximum atomic E-state index is 11.5. The van der Waals surface area contributed by atoms with E-state index < -0.39 is 0 Å². The predicted molar refractivity (Wildman–Crippen MR) is 84.9 cm³/mol. The molecule has 1 aliphatic heterocycles. The quantitative estimate of drug-likeness (QED) is 0.634. The highest BCUT2D eigenvalue weighted by molar-refractivity contribution is 5.82. The van der Waals surface area contributed by atoms with Crippen LogP contribution in [0.2, 0.25) is 0 Å². The van der Waals surface area contributed by atoms with E-state index in [-0.39, 0.29) is 25.2 Å². The van der Waals surface area contributed by atoms with Gasteiger partial charge >= 0.3 is 11.9 Å². The smallest absolute Gasteiger partial charge is 0.330 e. The van der Waals surface area contributed by atoms with Crippen LogP contribution < -0.4 is 0 Å². The molecule has 1 rings (SSSR count). The van der Waals surface area contributed by atoms with Crippen LogP contribution in [-0.2, 0) is 28.5 Å². The van der Waals surface area contributed by atoms with Crippen molar-refractivity contribution in [1.82, 2.24) is 0 Å². The number of rotatable bonds is 0. The first-order chi connectivity index (χ1) is 11.2. The fraction of sp³-hybridized carbons (Fsp3) is 0.647. The van der Waals surface area contributed by atoms with Crippen molar-refractivity contribution < 1.29 is 28.5 Å². The maximum absolute atomic E-state index is 11.5. The zero-order valence-corrected chi connectivity index (χ0v) is 13.7. The summed E-state index contributed by atoms with van der Waals surface area (Å²) in [6, 6.07) is 0. The maximum Gasteiger partial charge on any atom is 0.330 e. The molecule has 0 fully saturated rings. The molecule has 0 N–H and O–H groups in total. The highest BCUT2D eigenvalue weighted by atomic mass is 16.6. The van der Waals surface area contributed by atoms with Crippen molar-refractivity contribution in [1.29, 1.82) is 0 Å². The Labute approximate surface area is 137 Å². The number of allylic oxidation sites excluding steroid dienone is 2. The van der Waals surface area contributed by atoms with Gasteiger partial charge in [-0.15, -0.1) is 0 Å². The lowest BCUT2D eigenvalue weighted by molar-refractivity contribution is -0.141. The Hall–Kier alpha value is -1.66. The van der Waals surface area contributed by atoms with E-state index in [4.69, 9.17) is 18.9 Å². The first-order valence-corrected chi connectivity index (χ1v) is 8.00. The zero-order chi connectivity index (χ0) is 16.8. The van der Waals surface area contributed by atoms with Crippen LogP contribution in [0.5, 0.6) is 0 Å². The number of carbonyl (C=O) groups excluding carboxylic acids is 2. The third-order valence-corrected chi connectivity index (χ3v) is 3.19. The van der Waals surface area contributed by atoms with Crippen molar-refractivity contribution in [2.75, 3.05) is 39.6 Å². The molecule has 0 saturated carbocycles. The van der Waals surface area contributed by atoms with Gasteiger partial charge in [-0.2, -0.15) is 0 Å². The number of ether oxygens (including phenoxy) is 4. The number of esters is 2. The Morgan fingerprint density at radius 3 is 1.96 bits per heavy atom. The number of hydrogen-bond acceptors (Lipinski definition) is 6. The van der Waals surface area contributed by atoms with E-state index in [9.17, 15) is 9.59 Å². The largest absolute Gasteiger partial charge is 0.460 e. The fourth-order valence-electron chi connectivity index (χ4n) is 1.90. The molecule has 0 bridgehead atoms. The van der Waals surface area contributed by atoms with Crippen molar-refractivity contribution in [3.05, 3.63) is 24.3 Å². The van der Waals surface area contributed by atoms with Gasteiger partial charge in [-0.05, 0) is 25.2 Å². The lowest BCUT2D eigenvalue weighted by Crippen LogP contribution is -2.14. The van der Waals surface area contributed by atoms with Crippen LogP contribution in [0.4, 0.5) is 0 Å². The molecule has 0 saturated heterocycles. The number of cyclic esters (lactones) is 2. The Morgan fingerprint density at radius 1 is 0.826 bits per heavy atom. The summed E-state index contributed by atoms with van der Waals surface area (Å²) in [4.78, 5) is 22.9. The first-order valence-electron chi connectivity index (χ1n) is 8.00. The van der Waals surface area contributed by atoms with Gasteiger partial charge in [0.25, 0.3) is 0 Å². The molecular formula is C17H26O6. The van der Waals surface area contributed by atoms with Gasteiger partial charge in [-0.1, -0.05) is 19.1 Å². The summed E-state index contributed by atoms with van der Waals surface area (Å²) >= 11 is 0. The fourth-order valence-corrected chi connectivity index (χ4v) is 1.90. The highest BCUT2D eigenvalue weighted by Crippen LogP contribution is 2.11. The van der Waals surface area contributed by atoms with E-state index in [0.29, 0.717) is 32.3 Å². The van der Waals surface area contributed by atoms with Gasteiger partial charge in [-0.25, -0.2) is 9.59 Å². The van der Waals surface area contributed by atoms with Gasteiger partial charge in [0.05, 0.1) is 26.4 Å². The summed E-state index contributed by atoms with van der Waals surface area (Å²) in [6.45, 7) is 4.01. The molecule has 130 valence electrons. The Balaban J connectivity index is 2.39. The normalized spacial score (nSPS) is 26.6. The summed E-state index contributed by atoms with van der Waals surface area (Å²) in [5, 5.41) is 0. The third kappa shape index (κ3) is 11.5. The van der Waals surface area contributed by atoms with Crippen molar-refractivity contribution in [2.45, 2.75) is 26.2 Å².